The van der Waals surface area contributed by atoms with Gasteiger partial charge in [-0.2, -0.15) is 5.10 Å². The van der Waals surface area contributed by atoms with Crippen molar-refractivity contribution in [2.24, 2.45) is 10.7 Å². The first-order valence-corrected chi connectivity index (χ1v) is 6.91. The number of guanidine groups is 1. The summed E-state index contributed by atoms with van der Waals surface area (Å²) in [5, 5.41) is 17.4. The number of hydrogen-bond acceptors (Lipinski definition) is 4. The van der Waals surface area contributed by atoms with E-state index in [0.29, 0.717) is 19.0 Å². The van der Waals surface area contributed by atoms with E-state index < -0.39 is 4.92 Å². The van der Waals surface area contributed by atoms with Gasteiger partial charge >= 0.3 is 5.69 Å². The normalized spacial score (nSPS) is 11.4. The van der Waals surface area contributed by atoms with Crippen molar-refractivity contribution >= 4 is 17.3 Å². The van der Waals surface area contributed by atoms with E-state index in [1.54, 1.807) is 0 Å². The number of aliphatic imine (C=N–C) groups is 1. The summed E-state index contributed by atoms with van der Waals surface area (Å²) in [4.78, 5) is 14.2. The summed E-state index contributed by atoms with van der Waals surface area (Å²) >= 11 is 0. The average molecular weight is 302 g/mol. The van der Waals surface area contributed by atoms with Crippen LogP contribution in [-0.4, -0.2) is 27.2 Å². The van der Waals surface area contributed by atoms with Crippen LogP contribution in [0.5, 0.6) is 0 Å². The Balaban J connectivity index is 1.84. The summed E-state index contributed by atoms with van der Waals surface area (Å²) in [6.45, 7) is 2.90. The van der Waals surface area contributed by atoms with Gasteiger partial charge in [0.05, 0.1) is 18.0 Å². The Labute approximate surface area is 127 Å². The lowest BCUT2D eigenvalue weighted by molar-refractivity contribution is -0.385. The van der Waals surface area contributed by atoms with E-state index in [-0.39, 0.29) is 5.69 Å². The van der Waals surface area contributed by atoms with Gasteiger partial charge in [0, 0.05) is 5.69 Å². The Morgan fingerprint density at radius 2 is 2.18 bits per heavy atom. The molecule has 0 fully saturated rings. The fourth-order valence-corrected chi connectivity index (χ4v) is 1.85. The quantitative estimate of drug-likeness (QED) is 0.365. The van der Waals surface area contributed by atoms with E-state index >= 15 is 0 Å². The Morgan fingerprint density at radius 1 is 1.45 bits per heavy atom. The highest BCUT2D eigenvalue weighted by molar-refractivity contribution is 5.92. The third kappa shape index (κ3) is 4.30. The highest BCUT2D eigenvalue weighted by Gasteiger charge is 2.07. The highest BCUT2D eigenvalue weighted by Crippen LogP contribution is 2.09. The molecule has 8 heteroatoms. The lowest BCUT2D eigenvalue weighted by Gasteiger charge is -2.06. The highest BCUT2D eigenvalue weighted by atomic mass is 16.6. The first kappa shape index (κ1) is 15.5. The smallest absolute Gasteiger partial charge is 0.306 e. The minimum Gasteiger partial charge on any atom is -0.370 e. The molecule has 1 aromatic heterocycles. The summed E-state index contributed by atoms with van der Waals surface area (Å²) < 4.78 is 1.46. The van der Waals surface area contributed by atoms with Crippen LogP contribution in [0, 0.1) is 10.1 Å². The van der Waals surface area contributed by atoms with Crippen LogP contribution in [0.2, 0.25) is 0 Å². The molecule has 22 heavy (non-hydrogen) atoms. The molecule has 0 aliphatic heterocycles. The molecule has 0 aliphatic rings. The second-order valence-electron chi connectivity index (χ2n) is 4.66. The number of nitrogens with one attached hydrogen (secondary N) is 1. The van der Waals surface area contributed by atoms with Crippen LogP contribution < -0.4 is 11.1 Å². The van der Waals surface area contributed by atoms with Crippen molar-refractivity contribution in [2.75, 3.05) is 11.9 Å². The molecule has 0 atom stereocenters. The summed E-state index contributed by atoms with van der Waals surface area (Å²) in [7, 11) is 0. The number of hydrogen-bond donors (Lipinski definition) is 2. The van der Waals surface area contributed by atoms with E-state index in [4.69, 9.17) is 5.73 Å². The number of nitrogens with zero attached hydrogens (tertiary/aromatic N) is 4. The zero-order chi connectivity index (χ0) is 15.9. The van der Waals surface area contributed by atoms with Crippen LogP contribution in [0.15, 0.2) is 41.7 Å². The molecule has 0 saturated heterocycles. The molecule has 1 aromatic carbocycles. The van der Waals surface area contributed by atoms with Crippen molar-refractivity contribution in [3.05, 3.63) is 52.3 Å². The lowest BCUT2D eigenvalue weighted by atomic mass is 10.1. The van der Waals surface area contributed by atoms with Crippen molar-refractivity contribution < 1.29 is 4.92 Å². The molecule has 0 spiro atoms. The van der Waals surface area contributed by atoms with Gasteiger partial charge in [0.1, 0.15) is 12.4 Å². The van der Waals surface area contributed by atoms with Crippen LogP contribution in [0.3, 0.4) is 0 Å². The molecule has 0 radical (unpaired) electrons. The van der Waals surface area contributed by atoms with Gasteiger partial charge in [-0.1, -0.05) is 19.1 Å². The molecular formula is C14H18N6O2. The number of aromatic nitrogens is 2. The van der Waals surface area contributed by atoms with E-state index in [1.807, 2.05) is 24.3 Å². The zero-order valence-corrected chi connectivity index (χ0v) is 12.3. The van der Waals surface area contributed by atoms with Gasteiger partial charge in [-0.05, 0) is 24.1 Å². The maximum Gasteiger partial charge on any atom is 0.306 e. The number of aryl methyl sites for hydroxylation is 1. The van der Waals surface area contributed by atoms with Gasteiger partial charge in [0.15, 0.2) is 5.96 Å². The Morgan fingerprint density at radius 3 is 2.77 bits per heavy atom. The first-order chi connectivity index (χ1) is 10.6. The fourth-order valence-electron chi connectivity index (χ4n) is 1.85. The molecule has 0 saturated carbocycles. The molecule has 1 heterocycles. The topological polar surface area (TPSA) is 111 Å². The molecule has 0 unspecified atom stereocenters. The lowest BCUT2D eigenvalue weighted by Crippen LogP contribution is -2.23. The van der Waals surface area contributed by atoms with Crippen molar-refractivity contribution in [2.45, 2.75) is 19.9 Å². The molecule has 2 rings (SSSR count). The number of nitro groups is 1. The monoisotopic (exact) mass is 302 g/mol. The number of anilines is 1. The molecule has 8 nitrogen and oxygen atoms in total. The average Bonchev–Trinajstić information content (AvgIpc) is 2.97. The van der Waals surface area contributed by atoms with Gasteiger partial charge < -0.3 is 11.1 Å². The van der Waals surface area contributed by atoms with Gasteiger partial charge in [-0.3, -0.25) is 19.8 Å². The van der Waals surface area contributed by atoms with Crippen LogP contribution in [0.1, 0.15) is 12.5 Å². The summed E-state index contributed by atoms with van der Waals surface area (Å²) in [5.74, 6) is 0.297. The molecule has 3 N–H and O–H groups in total. The van der Waals surface area contributed by atoms with Gasteiger partial charge in [-0.15, -0.1) is 0 Å². The summed E-state index contributed by atoms with van der Waals surface area (Å²) in [6, 6.07) is 7.94. The molecule has 0 amide bonds. The molecule has 116 valence electrons. The van der Waals surface area contributed by atoms with E-state index in [9.17, 15) is 10.1 Å². The van der Waals surface area contributed by atoms with Crippen LogP contribution >= 0.6 is 0 Å². The third-order valence-corrected chi connectivity index (χ3v) is 3.08. The largest absolute Gasteiger partial charge is 0.370 e. The van der Waals surface area contributed by atoms with Crippen LogP contribution in [0.25, 0.3) is 0 Å². The van der Waals surface area contributed by atoms with E-state index in [2.05, 4.69) is 22.3 Å². The second kappa shape index (κ2) is 7.21. The van der Waals surface area contributed by atoms with Gasteiger partial charge in [0.25, 0.3) is 0 Å². The van der Waals surface area contributed by atoms with Gasteiger partial charge in [0.2, 0.25) is 0 Å². The van der Waals surface area contributed by atoms with Gasteiger partial charge in [-0.25, -0.2) is 0 Å². The predicted molar refractivity (Wildman–Crippen MR) is 84.8 cm³/mol. The van der Waals surface area contributed by atoms with E-state index in [1.165, 1.54) is 22.6 Å². The third-order valence-electron chi connectivity index (χ3n) is 3.08. The Bertz CT molecular complexity index is 662. The SMILES string of the molecule is CCc1ccc(NC(N)=NCCn2cc([N+](=O)[O-])cn2)cc1. The Kier molecular flexibility index (Phi) is 5.07. The number of benzene rings is 1. The first-order valence-electron chi connectivity index (χ1n) is 6.91. The standard InChI is InChI=1S/C14H18N6O2/c1-2-11-3-5-12(6-4-11)18-14(15)16-7-8-19-10-13(9-17-19)20(21)22/h3-6,9-10H,2,7-8H2,1H3,(H3,15,16,18). The molecule has 2 aromatic rings. The summed E-state index contributed by atoms with van der Waals surface area (Å²) in [6.07, 6.45) is 3.56. The van der Waals surface area contributed by atoms with Crippen molar-refractivity contribution in [1.82, 2.24) is 9.78 Å². The Hall–Kier alpha value is -2.90. The maximum absolute atomic E-state index is 10.5. The minimum atomic E-state index is -0.483. The van der Waals surface area contributed by atoms with Crippen molar-refractivity contribution in [1.29, 1.82) is 0 Å². The molecular weight excluding hydrogens is 284 g/mol. The second-order valence-corrected chi connectivity index (χ2v) is 4.66. The molecule has 0 bridgehead atoms. The molecule has 0 aliphatic carbocycles. The number of nitrogens with two attached hydrogens (primary N) is 1. The summed E-state index contributed by atoms with van der Waals surface area (Å²) in [5.41, 5.74) is 7.88. The van der Waals surface area contributed by atoms with E-state index in [0.717, 1.165) is 12.1 Å². The number of rotatable bonds is 6. The van der Waals surface area contributed by atoms with Crippen LogP contribution in [0.4, 0.5) is 11.4 Å². The predicted octanol–water partition coefficient (Wildman–Crippen LogP) is 1.78. The zero-order valence-electron chi connectivity index (χ0n) is 12.3. The van der Waals surface area contributed by atoms with Crippen molar-refractivity contribution in [3.8, 4) is 0 Å². The van der Waals surface area contributed by atoms with Crippen molar-refractivity contribution in [3.63, 3.8) is 0 Å². The minimum absolute atomic E-state index is 0.0360. The maximum atomic E-state index is 10.5. The van der Waals surface area contributed by atoms with Crippen LogP contribution in [-0.2, 0) is 13.0 Å². The fraction of sp³-hybridized carbons (Fsp3) is 0.286.